The molecule has 15 heteroatoms. The van der Waals surface area contributed by atoms with Gasteiger partial charge in [-0.1, -0.05) is 30.1 Å². The highest BCUT2D eigenvalue weighted by molar-refractivity contribution is 6.68. The molecule has 2 heterocycles. The Morgan fingerprint density at radius 2 is 1.71 bits per heavy atom. The molecule has 2 fully saturated rings. The Kier molecular flexibility index (Phi) is 14.1. The Hall–Kier alpha value is -3.26. The molecule has 13 nitrogen and oxygen atoms in total. The number of guanidine groups is 1. The maximum absolute atomic E-state index is 13.2. The van der Waals surface area contributed by atoms with Crippen LogP contribution in [-0.2, 0) is 9.59 Å². The predicted octanol–water partition coefficient (Wildman–Crippen LogP) is 0.956. The molecule has 42 heavy (non-hydrogen) atoms. The van der Waals surface area contributed by atoms with E-state index in [1.54, 1.807) is 26.1 Å². The summed E-state index contributed by atoms with van der Waals surface area (Å²) in [6.45, 7) is 11.2. The van der Waals surface area contributed by atoms with Gasteiger partial charge in [0.2, 0.25) is 0 Å². The zero-order chi connectivity index (χ0) is 31.4. The smallest absolute Gasteiger partial charge is 0.280 e. The molecule has 1 unspecified atom stereocenters. The number of nitrogens with two attached hydrogens (primary N) is 3. The van der Waals surface area contributed by atoms with Gasteiger partial charge in [0, 0.05) is 64.6 Å². The van der Waals surface area contributed by atoms with Gasteiger partial charge < -0.3 is 22.1 Å². The fourth-order valence-corrected chi connectivity index (χ4v) is 5.28. The van der Waals surface area contributed by atoms with Gasteiger partial charge in [0.15, 0.2) is 17.5 Å². The van der Waals surface area contributed by atoms with Crippen LogP contribution >= 0.6 is 23.2 Å². The normalized spacial score (nSPS) is 21.7. The largest absolute Gasteiger partial charge is 0.402 e. The average molecular weight is 625 g/mol. The van der Waals surface area contributed by atoms with Gasteiger partial charge in [-0.25, -0.2) is 9.98 Å². The van der Waals surface area contributed by atoms with Crippen molar-refractivity contribution in [3.8, 4) is 0 Å². The number of piperidine rings is 1. The molecule has 0 saturated carbocycles. The molecule has 0 aromatic heterocycles. The number of hydrogen-bond donors (Lipinski definition) is 4. The molecule has 0 aromatic rings. The Balaban J connectivity index is 2.02. The van der Waals surface area contributed by atoms with Crippen LogP contribution in [0.2, 0.25) is 0 Å². The molecule has 2 rings (SSSR count). The van der Waals surface area contributed by atoms with Crippen LogP contribution in [0.5, 0.6) is 0 Å². The lowest BCUT2D eigenvalue weighted by molar-refractivity contribution is -0.128. The highest BCUT2D eigenvalue weighted by Gasteiger charge is 2.34. The molecule has 232 valence electrons. The van der Waals surface area contributed by atoms with Gasteiger partial charge in [0.05, 0.1) is 12.1 Å². The number of piperazine rings is 1. The van der Waals surface area contributed by atoms with Gasteiger partial charge in [0.1, 0.15) is 10.3 Å². The number of aliphatic imine (C=N–C) groups is 4. The summed E-state index contributed by atoms with van der Waals surface area (Å²) in [6.07, 6.45) is 5.88. The first-order valence-electron chi connectivity index (χ1n) is 13.7. The molecule has 0 radical (unpaired) electrons. The second-order valence-electron chi connectivity index (χ2n) is 9.98. The second-order valence-corrected chi connectivity index (χ2v) is 10.8. The van der Waals surface area contributed by atoms with Crippen molar-refractivity contribution in [2.75, 3.05) is 53.4 Å². The minimum atomic E-state index is -0.680. The minimum absolute atomic E-state index is 0.0899. The summed E-state index contributed by atoms with van der Waals surface area (Å²) >= 11 is 12.4. The lowest BCUT2D eigenvalue weighted by Gasteiger charge is -2.47. The first-order valence-corrected chi connectivity index (χ1v) is 14.5. The zero-order valence-corrected chi connectivity index (χ0v) is 26.3. The second kappa shape index (κ2) is 17.0. The van der Waals surface area contributed by atoms with Crippen LogP contribution in [0.15, 0.2) is 54.9 Å². The van der Waals surface area contributed by atoms with Crippen molar-refractivity contribution in [1.29, 1.82) is 0 Å². The lowest BCUT2D eigenvalue weighted by atomic mass is 9.97. The molecular weight excluding hydrogens is 581 g/mol. The number of rotatable bonds is 10. The molecule has 7 N–H and O–H groups in total. The van der Waals surface area contributed by atoms with Crippen LogP contribution in [0.25, 0.3) is 0 Å². The molecule has 2 aliphatic rings. The van der Waals surface area contributed by atoms with E-state index in [4.69, 9.17) is 40.4 Å². The van der Waals surface area contributed by atoms with Crippen molar-refractivity contribution in [3.63, 3.8) is 0 Å². The highest BCUT2D eigenvalue weighted by Crippen LogP contribution is 2.25. The summed E-state index contributed by atoms with van der Waals surface area (Å²) in [5.74, 6) is -1.04. The van der Waals surface area contributed by atoms with Crippen LogP contribution < -0.4 is 22.5 Å². The number of nitrogens with one attached hydrogen (secondary N) is 1. The van der Waals surface area contributed by atoms with E-state index in [0.717, 1.165) is 38.9 Å². The number of carbonyl (C=O) groups is 2. The van der Waals surface area contributed by atoms with Crippen molar-refractivity contribution in [2.45, 2.75) is 45.2 Å². The zero-order valence-electron chi connectivity index (χ0n) is 24.8. The van der Waals surface area contributed by atoms with Crippen LogP contribution in [-0.4, -0.2) is 115 Å². The number of allylic oxidation sites excluding steroid dienone is 2. The van der Waals surface area contributed by atoms with Gasteiger partial charge in [0.25, 0.3) is 11.8 Å². The summed E-state index contributed by atoms with van der Waals surface area (Å²) in [5, 5.41) is 2.86. The molecule has 0 aromatic carbocycles. The Bertz CT molecular complexity index is 1180. The molecule has 2 saturated heterocycles. The molecule has 0 aliphatic carbocycles. The topological polar surface area (TPSA) is 183 Å². The Labute approximate surface area is 258 Å². The third-order valence-electron chi connectivity index (χ3n) is 7.26. The van der Waals surface area contributed by atoms with E-state index in [2.05, 4.69) is 48.7 Å². The fourth-order valence-electron chi connectivity index (χ4n) is 4.96. The third-order valence-corrected chi connectivity index (χ3v) is 7.76. The maximum atomic E-state index is 13.2. The van der Waals surface area contributed by atoms with E-state index in [1.807, 2.05) is 4.90 Å². The Morgan fingerprint density at radius 3 is 2.26 bits per heavy atom. The van der Waals surface area contributed by atoms with E-state index in [-0.39, 0.29) is 28.6 Å². The molecule has 2 amide bonds. The van der Waals surface area contributed by atoms with Crippen LogP contribution in [0.4, 0.5) is 0 Å². The van der Waals surface area contributed by atoms with E-state index in [9.17, 15) is 9.59 Å². The van der Waals surface area contributed by atoms with Crippen molar-refractivity contribution in [2.24, 2.45) is 37.2 Å². The SMILES string of the molecule is C=N/C(N)=C(\N=C(Cl)CN1CCN(C2CCN(C(=O)C(/C=C\C(Cl)=NC)=C(/C)N)CC2)C(CC)C1)C(=O)NC(N)=NC. The van der Waals surface area contributed by atoms with E-state index >= 15 is 0 Å². The van der Waals surface area contributed by atoms with Crippen molar-refractivity contribution in [1.82, 2.24) is 20.0 Å². The van der Waals surface area contributed by atoms with Crippen LogP contribution in [0, 0.1) is 0 Å². The van der Waals surface area contributed by atoms with Gasteiger partial charge >= 0.3 is 0 Å². The molecule has 1 atom stereocenters. The quantitative estimate of drug-likeness (QED) is 0.121. The summed E-state index contributed by atoms with van der Waals surface area (Å²) in [5.41, 5.74) is 18.1. The van der Waals surface area contributed by atoms with Crippen molar-refractivity contribution < 1.29 is 9.59 Å². The standard InChI is InChI=1S/C27H43Cl2N11O2/c1-6-18-15-38(16-22(29)36-23(24(31)34-4)25(41)37-27(32)35-5)13-14-40(18)19-9-11-39(12-10-19)26(42)20(17(2)30)7-8-21(28)33-3/h7-8,18-19H,4,6,9-16,30-31H2,1-3,5H3,(H3,32,35,37,41)/b8-7-,20-17-,24-23-,33-21?,36-22?. The van der Waals surface area contributed by atoms with Crippen LogP contribution in [0.1, 0.15) is 33.1 Å². The van der Waals surface area contributed by atoms with Gasteiger partial charge in [-0.2, -0.15) is 0 Å². The number of hydrogen-bond acceptors (Lipinski definition) is 10. The van der Waals surface area contributed by atoms with Gasteiger partial charge in [-0.3, -0.25) is 34.7 Å². The molecule has 2 aliphatic heterocycles. The molecular formula is C27H43Cl2N11O2. The van der Waals surface area contributed by atoms with E-state index in [1.165, 1.54) is 7.05 Å². The fraction of sp³-hybridized carbons (Fsp3) is 0.556. The Morgan fingerprint density at radius 1 is 1.05 bits per heavy atom. The number of carbonyl (C=O) groups excluding carboxylic acids is 2. The lowest BCUT2D eigenvalue weighted by Crippen LogP contribution is -2.59. The molecule has 0 bridgehead atoms. The molecule has 0 spiro atoms. The monoisotopic (exact) mass is 623 g/mol. The summed E-state index contributed by atoms with van der Waals surface area (Å²) in [6, 6.07) is 0.658. The van der Waals surface area contributed by atoms with Gasteiger partial charge in [-0.05, 0) is 45.1 Å². The third kappa shape index (κ3) is 9.93. The van der Waals surface area contributed by atoms with Crippen molar-refractivity contribution in [3.05, 3.63) is 34.9 Å². The first-order chi connectivity index (χ1) is 19.9. The van der Waals surface area contributed by atoms with E-state index in [0.29, 0.717) is 48.2 Å². The van der Waals surface area contributed by atoms with Crippen LogP contribution in [0.3, 0.4) is 0 Å². The highest BCUT2D eigenvalue weighted by atomic mass is 35.5. The number of amides is 2. The first kappa shape index (κ1) is 34.9. The predicted molar refractivity (Wildman–Crippen MR) is 172 cm³/mol. The average Bonchev–Trinajstić information content (AvgIpc) is 2.98. The summed E-state index contributed by atoms with van der Waals surface area (Å²) in [7, 11) is 3.02. The number of halogens is 2. The summed E-state index contributed by atoms with van der Waals surface area (Å²) in [4.78, 5) is 47.7. The van der Waals surface area contributed by atoms with Gasteiger partial charge in [-0.15, -0.1) is 0 Å². The summed E-state index contributed by atoms with van der Waals surface area (Å²) < 4.78 is 0. The number of nitrogens with zero attached hydrogens (tertiary/aromatic N) is 7. The number of likely N-dealkylation sites (tertiary alicyclic amines) is 1. The van der Waals surface area contributed by atoms with Crippen molar-refractivity contribution >= 4 is 58.0 Å². The maximum Gasteiger partial charge on any atom is 0.280 e. The minimum Gasteiger partial charge on any atom is -0.402 e. The van der Waals surface area contributed by atoms with E-state index < -0.39 is 5.91 Å².